The third-order valence-corrected chi connectivity index (χ3v) is 9.46. The summed E-state index contributed by atoms with van der Waals surface area (Å²) in [6.07, 6.45) is 6.51. The van der Waals surface area contributed by atoms with Gasteiger partial charge in [0, 0.05) is 61.6 Å². The van der Waals surface area contributed by atoms with Crippen LogP contribution in [0.5, 0.6) is 0 Å². The minimum atomic E-state index is -1.26. The van der Waals surface area contributed by atoms with Crippen molar-refractivity contribution in [2.24, 2.45) is 0 Å². The number of β-amino-alcohol motifs (C(OH)–C–C–N with tert-alkyl or cyclic N) is 1. The lowest BCUT2D eigenvalue weighted by atomic mass is 9.84. The van der Waals surface area contributed by atoms with Gasteiger partial charge < -0.3 is 34.6 Å². The smallest absolute Gasteiger partial charge is 0.246 e. The lowest BCUT2D eigenvalue weighted by Crippen LogP contribution is -2.56. The standard InChI is InChI=1S/C33H40F2N4O4/c34-28-4-1-23(19-29(28)35)2-6-32(41)39-13-9-33(42,10-14-39)31(40)22-37-11-7-24(8-12-37)27-21-36-30-5-3-25(20-26(27)30)38-15-17-43-18-16-38/h1-6,19-21,24,31,36,40,42H,7-18,22H2. The van der Waals surface area contributed by atoms with Crippen molar-refractivity contribution in [1.29, 1.82) is 0 Å². The van der Waals surface area contributed by atoms with Gasteiger partial charge >= 0.3 is 0 Å². The van der Waals surface area contributed by atoms with E-state index >= 15 is 0 Å². The summed E-state index contributed by atoms with van der Waals surface area (Å²) in [5.74, 6) is -1.74. The molecule has 3 saturated heterocycles. The van der Waals surface area contributed by atoms with Crippen LogP contribution in [0.15, 0.2) is 48.7 Å². The van der Waals surface area contributed by atoms with E-state index in [-0.39, 0.29) is 18.7 Å². The molecule has 1 aromatic heterocycles. The zero-order valence-corrected chi connectivity index (χ0v) is 24.4. The number of likely N-dealkylation sites (tertiary alicyclic amines) is 2. The van der Waals surface area contributed by atoms with Crippen LogP contribution in [0.2, 0.25) is 0 Å². The predicted molar refractivity (Wildman–Crippen MR) is 162 cm³/mol. The Morgan fingerprint density at radius 3 is 2.49 bits per heavy atom. The average Bonchev–Trinajstić information content (AvgIpc) is 3.46. The first-order valence-corrected chi connectivity index (χ1v) is 15.3. The number of nitrogens with zero attached hydrogens (tertiary/aromatic N) is 3. The maximum absolute atomic E-state index is 13.4. The molecule has 3 fully saturated rings. The fourth-order valence-electron chi connectivity index (χ4n) is 6.66. The zero-order valence-electron chi connectivity index (χ0n) is 24.4. The Morgan fingerprint density at radius 2 is 1.77 bits per heavy atom. The van der Waals surface area contributed by atoms with Gasteiger partial charge in [-0.15, -0.1) is 0 Å². The molecule has 3 N–H and O–H groups in total. The Kier molecular flexibility index (Phi) is 8.81. The van der Waals surface area contributed by atoms with E-state index in [0.717, 1.165) is 69.9 Å². The highest BCUT2D eigenvalue weighted by Gasteiger charge is 2.40. The first kappa shape index (κ1) is 29.7. The van der Waals surface area contributed by atoms with E-state index in [9.17, 15) is 23.8 Å². The number of H-pyrrole nitrogens is 1. The Hall–Kier alpha value is -3.31. The molecule has 0 radical (unpaired) electrons. The summed E-state index contributed by atoms with van der Waals surface area (Å²) in [6, 6.07) is 10.1. The van der Waals surface area contributed by atoms with Gasteiger partial charge in [-0.25, -0.2) is 8.78 Å². The molecule has 3 aliphatic rings. The summed E-state index contributed by atoms with van der Waals surface area (Å²) < 4.78 is 32.1. The van der Waals surface area contributed by atoms with E-state index in [1.165, 1.54) is 34.9 Å². The highest BCUT2D eigenvalue weighted by atomic mass is 19.2. The minimum absolute atomic E-state index is 0.266. The van der Waals surface area contributed by atoms with E-state index in [0.29, 0.717) is 31.1 Å². The number of aliphatic hydroxyl groups excluding tert-OH is 1. The third-order valence-electron chi connectivity index (χ3n) is 9.46. The van der Waals surface area contributed by atoms with Crippen molar-refractivity contribution < 1.29 is 28.5 Å². The number of nitrogens with one attached hydrogen (secondary N) is 1. The van der Waals surface area contributed by atoms with Crippen molar-refractivity contribution in [1.82, 2.24) is 14.8 Å². The molecular weight excluding hydrogens is 554 g/mol. The van der Waals surface area contributed by atoms with Crippen molar-refractivity contribution in [2.75, 3.05) is 63.9 Å². The third kappa shape index (κ3) is 6.62. The highest BCUT2D eigenvalue weighted by molar-refractivity contribution is 5.92. The summed E-state index contributed by atoms with van der Waals surface area (Å²) in [5, 5.41) is 23.6. The van der Waals surface area contributed by atoms with Gasteiger partial charge in [-0.05, 0) is 92.2 Å². The monoisotopic (exact) mass is 594 g/mol. The number of anilines is 1. The Balaban J connectivity index is 0.994. The predicted octanol–water partition coefficient (Wildman–Crippen LogP) is 3.89. The number of ether oxygens (including phenoxy) is 1. The Bertz CT molecular complexity index is 1450. The summed E-state index contributed by atoms with van der Waals surface area (Å²) >= 11 is 0. The van der Waals surface area contributed by atoms with Crippen molar-refractivity contribution in [3.8, 4) is 0 Å². The lowest BCUT2D eigenvalue weighted by molar-refractivity contribution is -0.140. The van der Waals surface area contributed by atoms with E-state index in [2.05, 4.69) is 39.2 Å². The van der Waals surface area contributed by atoms with Crippen molar-refractivity contribution in [2.45, 2.75) is 43.3 Å². The molecule has 1 atom stereocenters. The fraction of sp³-hybridized carbons (Fsp3) is 0.485. The molecular formula is C33H40F2N4O4. The van der Waals surface area contributed by atoms with Gasteiger partial charge in [-0.2, -0.15) is 0 Å². The van der Waals surface area contributed by atoms with Gasteiger partial charge in [-0.3, -0.25) is 4.79 Å². The minimum Gasteiger partial charge on any atom is -0.389 e. The van der Waals surface area contributed by atoms with Crippen LogP contribution in [0.1, 0.15) is 42.7 Å². The van der Waals surface area contributed by atoms with Crippen LogP contribution in [-0.2, 0) is 9.53 Å². The van der Waals surface area contributed by atoms with Gasteiger partial charge in [0.15, 0.2) is 11.6 Å². The first-order chi connectivity index (χ1) is 20.8. The zero-order chi connectivity index (χ0) is 30.0. The number of benzene rings is 2. The van der Waals surface area contributed by atoms with Gasteiger partial charge in [0.2, 0.25) is 5.91 Å². The highest BCUT2D eigenvalue weighted by Crippen LogP contribution is 2.36. The summed E-state index contributed by atoms with van der Waals surface area (Å²) in [4.78, 5) is 22.3. The number of carbonyl (C=O) groups is 1. The lowest BCUT2D eigenvalue weighted by Gasteiger charge is -2.43. The number of halogens is 2. The number of hydrogen-bond acceptors (Lipinski definition) is 6. The number of fused-ring (bicyclic) bond motifs is 1. The molecule has 8 nitrogen and oxygen atoms in total. The maximum Gasteiger partial charge on any atom is 0.246 e. The number of piperidine rings is 2. The number of aromatic nitrogens is 1. The van der Waals surface area contributed by atoms with Gasteiger partial charge in [0.25, 0.3) is 0 Å². The van der Waals surface area contributed by atoms with Gasteiger partial charge in [0.05, 0.1) is 24.9 Å². The molecule has 2 aromatic carbocycles. The molecule has 6 rings (SSSR count). The van der Waals surface area contributed by atoms with Crippen LogP contribution in [0.3, 0.4) is 0 Å². The summed E-state index contributed by atoms with van der Waals surface area (Å²) in [6.45, 7) is 6.02. The van der Waals surface area contributed by atoms with Crippen molar-refractivity contribution >= 4 is 28.6 Å². The van der Waals surface area contributed by atoms with Gasteiger partial charge in [-0.1, -0.05) is 6.07 Å². The normalized spacial score (nSPS) is 21.1. The number of morpholine rings is 1. The first-order valence-electron chi connectivity index (χ1n) is 15.3. The van der Waals surface area contributed by atoms with Crippen LogP contribution in [-0.4, -0.2) is 102 Å². The van der Waals surface area contributed by atoms with E-state index in [1.54, 1.807) is 4.90 Å². The van der Waals surface area contributed by atoms with Crippen molar-refractivity contribution in [3.05, 3.63) is 71.4 Å². The molecule has 0 spiro atoms. The number of aromatic amines is 1. The molecule has 10 heteroatoms. The van der Waals surface area contributed by atoms with Crippen LogP contribution < -0.4 is 4.90 Å². The van der Waals surface area contributed by atoms with E-state index < -0.39 is 23.3 Å². The van der Waals surface area contributed by atoms with Crippen molar-refractivity contribution in [3.63, 3.8) is 0 Å². The summed E-state index contributed by atoms with van der Waals surface area (Å²) in [5.41, 5.74) is 2.86. The number of hydrogen-bond donors (Lipinski definition) is 3. The molecule has 1 amide bonds. The number of rotatable bonds is 7. The molecule has 4 heterocycles. The second-order valence-electron chi connectivity index (χ2n) is 12.1. The van der Waals surface area contributed by atoms with Crippen LogP contribution in [0.25, 0.3) is 17.0 Å². The number of carbonyl (C=O) groups excluding carboxylic acids is 1. The molecule has 230 valence electrons. The molecule has 0 bridgehead atoms. The topological polar surface area (TPSA) is 92.3 Å². The average molecular weight is 595 g/mol. The maximum atomic E-state index is 13.4. The van der Waals surface area contributed by atoms with Gasteiger partial charge in [0.1, 0.15) is 0 Å². The molecule has 0 aliphatic carbocycles. The Morgan fingerprint density at radius 1 is 1.02 bits per heavy atom. The number of aliphatic hydroxyl groups is 2. The van der Waals surface area contributed by atoms with Crippen LogP contribution >= 0.6 is 0 Å². The quantitative estimate of drug-likeness (QED) is 0.360. The second kappa shape index (κ2) is 12.7. The Labute approximate surface area is 250 Å². The molecule has 1 unspecified atom stereocenters. The molecule has 3 aromatic rings. The molecule has 3 aliphatic heterocycles. The summed E-state index contributed by atoms with van der Waals surface area (Å²) in [7, 11) is 0. The van der Waals surface area contributed by atoms with Crippen LogP contribution in [0.4, 0.5) is 14.5 Å². The van der Waals surface area contributed by atoms with E-state index in [1.807, 2.05) is 0 Å². The molecule has 0 saturated carbocycles. The molecule has 43 heavy (non-hydrogen) atoms. The largest absolute Gasteiger partial charge is 0.389 e. The van der Waals surface area contributed by atoms with Crippen LogP contribution in [0, 0.1) is 11.6 Å². The number of amides is 1. The SMILES string of the molecule is O=C(C=Cc1ccc(F)c(F)c1)N1CCC(O)(C(O)CN2CCC(c3c[nH]c4ccc(N5CCOCC5)cc34)CC2)CC1. The van der Waals surface area contributed by atoms with E-state index in [4.69, 9.17) is 4.74 Å². The fourth-order valence-corrected chi connectivity index (χ4v) is 6.66. The second-order valence-corrected chi connectivity index (χ2v) is 12.1.